The van der Waals surface area contributed by atoms with Crippen molar-refractivity contribution >= 4 is 45.4 Å². The number of nitrogen functional groups attached to an aromatic ring is 1. The fourth-order valence-corrected chi connectivity index (χ4v) is 2.90. The van der Waals surface area contributed by atoms with Gasteiger partial charge in [-0.3, -0.25) is 4.55 Å². The van der Waals surface area contributed by atoms with Gasteiger partial charge >= 0.3 is 29.6 Å². The Labute approximate surface area is 133 Å². The summed E-state index contributed by atoms with van der Waals surface area (Å²) in [4.78, 5) is -0.0676. The number of fused-ring (bicyclic) bond motifs is 3. The first-order valence-corrected chi connectivity index (χ1v) is 6.88. The van der Waals surface area contributed by atoms with E-state index in [2.05, 4.69) is 0 Å². The number of hydrogen-bond donors (Lipinski definition) is 2. The van der Waals surface area contributed by atoms with Crippen molar-refractivity contribution in [2.24, 2.45) is 0 Å². The Hall–Kier alpha value is -0.850. The van der Waals surface area contributed by atoms with Crippen molar-refractivity contribution in [3.8, 4) is 11.1 Å². The van der Waals surface area contributed by atoms with Crippen LogP contribution in [0.15, 0.2) is 41.3 Å². The van der Waals surface area contributed by atoms with Gasteiger partial charge in [0.1, 0.15) is 0 Å². The van der Waals surface area contributed by atoms with Gasteiger partial charge in [0.2, 0.25) is 0 Å². The quantitative estimate of drug-likeness (QED) is 0.403. The third-order valence-corrected chi connectivity index (χ3v) is 4.02. The minimum absolute atomic E-state index is 0. The number of anilines is 1. The first kappa shape index (κ1) is 14.6. The maximum absolute atomic E-state index is 11.1. The van der Waals surface area contributed by atoms with E-state index in [9.17, 15) is 8.42 Å². The van der Waals surface area contributed by atoms with Crippen LogP contribution in [0.4, 0.5) is 5.69 Å². The summed E-state index contributed by atoms with van der Waals surface area (Å²) in [7, 11) is -4.14. The van der Waals surface area contributed by atoms with Gasteiger partial charge in [-0.25, -0.2) is 0 Å². The molecule has 19 heavy (non-hydrogen) atoms. The molecule has 0 unspecified atom stereocenters. The zero-order chi connectivity index (χ0) is 12.9. The molecular weight excluding hydrogens is 273 g/mol. The second-order valence-electron chi connectivity index (χ2n) is 4.39. The van der Waals surface area contributed by atoms with Crippen molar-refractivity contribution < 1.29 is 13.0 Å². The van der Waals surface area contributed by atoms with Gasteiger partial charge in [-0.05, 0) is 52.9 Å². The van der Waals surface area contributed by atoms with Crippen molar-refractivity contribution in [1.82, 2.24) is 0 Å². The molecule has 0 bridgehead atoms. The average Bonchev–Trinajstić information content (AvgIpc) is 2.63. The molecular formula is C13H12NNaO3S. The van der Waals surface area contributed by atoms with Crippen molar-refractivity contribution in [1.29, 1.82) is 0 Å². The first-order valence-electron chi connectivity index (χ1n) is 5.44. The minimum atomic E-state index is -4.14. The molecule has 4 nitrogen and oxygen atoms in total. The first-order chi connectivity index (χ1) is 8.45. The molecule has 3 rings (SSSR count). The number of benzene rings is 2. The molecule has 0 amide bonds. The van der Waals surface area contributed by atoms with Crippen molar-refractivity contribution in [2.45, 2.75) is 11.3 Å². The van der Waals surface area contributed by atoms with Gasteiger partial charge in [-0.15, -0.1) is 0 Å². The van der Waals surface area contributed by atoms with E-state index in [0.29, 0.717) is 12.1 Å². The molecule has 1 aliphatic rings. The van der Waals surface area contributed by atoms with E-state index in [0.717, 1.165) is 22.3 Å². The van der Waals surface area contributed by atoms with Crippen molar-refractivity contribution in [3.63, 3.8) is 0 Å². The van der Waals surface area contributed by atoms with E-state index in [-0.39, 0.29) is 34.5 Å². The molecule has 0 heterocycles. The van der Waals surface area contributed by atoms with Crippen LogP contribution in [0, 0.1) is 0 Å². The van der Waals surface area contributed by atoms with E-state index in [1.807, 2.05) is 18.2 Å². The Balaban J connectivity index is 0.00000133. The fourth-order valence-electron chi connectivity index (χ4n) is 2.37. The molecule has 0 saturated heterocycles. The van der Waals surface area contributed by atoms with Crippen LogP contribution < -0.4 is 5.73 Å². The van der Waals surface area contributed by atoms with Crippen LogP contribution in [-0.4, -0.2) is 42.5 Å². The van der Waals surface area contributed by atoms with E-state index in [1.165, 1.54) is 12.1 Å². The second kappa shape index (κ2) is 4.92. The third-order valence-electron chi connectivity index (χ3n) is 3.17. The summed E-state index contributed by atoms with van der Waals surface area (Å²) in [6.45, 7) is 0. The van der Waals surface area contributed by atoms with Crippen LogP contribution in [0.1, 0.15) is 11.1 Å². The Morgan fingerprint density at radius 2 is 1.58 bits per heavy atom. The Morgan fingerprint density at radius 3 is 2.21 bits per heavy atom. The molecule has 94 valence electrons. The zero-order valence-electron chi connectivity index (χ0n) is 9.42. The van der Waals surface area contributed by atoms with Gasteiger partial charge in [0, 0.05) is 5.69 Å². The fraction of sp³-hybridized carbons (Fsp3) is 0.0769. The molecule has 0 aromatic heterocycles. The van der Waals surface area contributed by atoms with E-state index < -0.39 is 10.1 Å². The van der Waals surface area contributed by atoms with Crippen LogP contribution in [0.25, 0.3) is 11.1 Å². The van der Waals surface area contributed by atoms with Gasteiger partial charge in [0.05, 0.1) is 4.90 Å². The number of hydrogen-bond acceptors (Lipinski definition) is 3. The summed E-state index contributed by atoms with van der Waals surface area (Å²) in [5, 5.41) is 0. The maximum atomic E-state index is 11.1. The molecule has 1 aliphatic carbocycles. The van der Waals surface area contributed by atoms with Crippen LogP contribution in [0.2, 0.25) is 0 Å². The molecule has 3 N–H and O–H groups in total. The number of rotatable bonds is 1. The van der Waals surface area contributed by atoms with Crippen LogP contribution in [-0.2, 0) is 16.5 Å². The molecule has 0 radical (unpaired) electrons. The summed E-state index contributed by atoms with van der Waals surface area (Å²) in [6.07, 6.45) is 0.638. The second-order valence-corrected chi connectivity index (χ2v) is 5.81. The van der Waals surface area contributed by atoms with Crippen LogP contribution >= 0.6 is 0 Å². The average molecular weight is 285 g/mol. The molecule has 0 atom stereocenters. The van der Waals surface area contributed by atoms with E-state index in [4.69, 9.17) is 10.3 Å². The van der Waals surface area contributed by atoms with Gasteiger partial charge in [-0.1, -0.05) is 12.1 Å². The predicted octanol–water partition coefficient (Wildman–Crippen LogP) is 1.44. The summed E-state index contributed by atoms with van der Waals surface area (Å²) in [6, 6.07) is 10.3. The van der Waals surface area contributed by atoms with Gasteiger partial charge in [0.15, 0.2) is 0 Å². The van der Waals surface area contributed by atoms with Gasteiger partial charge < -0.3 is 5.73 Å². The molecule has 2 aromatic carbocycles. The number of nitrogens with two attached hydrogens (primary N) is 1. The molecule has 0 saturated carbocycles. The SMILES string of the molecule is Nc1ccc2c(c1)Cc1cc(S(=O)(=O)O)ccc1-2.[NaH]. The summed E-state index contributed by atoms with van der Waals surface area (Å²) in [5.74, 6) is 0. The van der Waals surface area contributed by atoms with Gasteiger partial charge in [-0.2, -0.15) is 8.42 Å². The molecule has 0 fully saturated rings. The summed E-state index contributed by atoms with van der Waals surface area (Å²) in [5.41, 5.74) is 10.5. The molecule has 0 aliphatic heterocycles. The third kappa shape index (κ3) is 2.57. The van der Waals surface area contributed by atoms with Gasteiger partial charge in [0.25, 0.3) is 10.1 Å². The molecule has 2 aromatic rings. The van der Waals surface area contributed by atoms with E-state index in [1.54, 1.807) is 6.07 Å². The normalized spacial score (nSPS) is 12.5. The molecule has 6 heteroatoms. The Bertz CT molecular complexity index is 756. The zero-order valence-corrected chi connectivity index (χ0v) is 10.2. The monoisotopic (exact) mass is 285 g/mol. The van der Waals surface area contributed by atoms with E-state index >= 15 is 0 Å². The standard InChI is InChI=1S/C13H11NO3S.Na.H/c14-10-1-3-12-8(6-10)5-9-7-11(18(15,16)17)2-4-13(9)12;;/h1-4,6-7H,5,14H2,(H,15,16,17);;. The Morgan fingerprint density at radius 1 is 1.00 bits per heavy atom. The molecule has 0 spiro atoms. The van der Waals surface area contributed by atoms with Crippen LogP contribution in [0.5, 0.6) is 0 Å². The topological polar surface area (TPSA) is 80.4 Å². The summed E-state index contributed by atoms with van der Waals surface area (Å²) >= 11 is 0. The van der Waals surface area contributed by atoms with Crippen molar-refractivity contribution in [2.75, 3.05) is 5.73 Å². The Kier molecular flexibility index (Phi) is 3.77. The predicted molar refractivity (Wildman–Crippen MR) is 76.1 cm³/mol. The van der Waals surface area contributed by atoms with Crippen molar-refractivity contribution in [3.05, 3.63) is 47.5 Å². The van der Waals surface area contributed by atoms with Crippen LogP contribution in [0.3, 0.4) is 0 Å². The summed E-state index contributed by atoms with van der Waals surface area (Å²) < 4.78 is 31.2.